The summed E-state index contributed by atoms with van der Waals surface area (Å²) >= 11 is 0. The first-order valence-corrected chi connectivity index (χ1v) is 27.6. The van der Waals surface area contributed by atoms with Crippen LogP contribution in [0, 0.1) is 12.1 Å². The van der Waals surface area contributed by atoms with E-state index >= 15 is 0 Å². The first-order chi connectivity index (χ1) is 40.0. The number of para-hydroxylation sites is 4. The van der Waals surface area contributed by atoms with Crippen LogP contribution in [-0.2, 0) is 45.6 Å². The minimum absolute atomic E-state index is 0. The molecule has 0 atom stereocenters. The summed E-state index contributed by atoms with van der Waals surface area (Å²) in [5.74, 6) is 0. The summed E-state index contributed by atoms with van der Waals surface area (Å²) in [5.41, 5.74) is 19.6. The van der Waals surface area contributed by atoms with Crippen molar-refractivity contribution in [3.8, 4) is 56.1 Å². The Balaban J connectivity index is 0.000000132. The fourth-order valence-corrected chi connectivity index (χ4v) is 11.6. The molecular weight excluding hydrogens is 1370 g/mol. The van der Waals surface area contributed by atoms with Crippen molar-refractivity contribution in [2.24, 2.45) is 0 Å². The van der Waals surface area contributed by atoms with E-state index in [1.54, 1.807) is 6.20 Å². The molecule has 0 N–H and O–H groups in total. The number of nitrogens with zero attached hydrogens (tertiary/aromatic N) is 4. The third-order valence-electron chi connectivity index (χ3n) is 15.5. The third kappa shape index (κ3) is 11.1. The Morgan fingerprint density at radius 2 is 0.723 bits per heavy atom. The maximum Gasteiger partial charge on any atom is 0.0541 e. The van der Waals surface area contributed by atoms with Crippen molar-refractivity contribution in [2.75, 3.05) is 0 Å². The molecule has 4 heterocycles. The van der Waals surface area contributed by atoms with Crippen LogP contribution in [0.2, 0.25) is 0 Å². The van der Waals surface area contributed by atoms with Gasteiger partial charge in [-0.3, -0.25) is 0 Å². The van der Waals surface area contributed by atoms with Gasteiger partial charge in [-0.15, -0.1) is 71.8 Å². The molecule has 0 saturated heterocycles. The molecule has 0 fully saturated rings. The van der Waals surface area contributed by atoms with E-state index in [1.807, 2.05) is 91.1 Å². The van der Waals surface area contributed by atoms with Crippen LogP contribution in [0.4, 0.5) is 0 Å². The van der Waals surface area contributed by atoms with Crippen LogP contribution in [0.1, 0.15) is 25.0 Å². The normalized spacial score (nSPS) is 11.6. The predicted molar refractivity (Wildman–Crippen MR) is 339 cm³/mol. The van der Waals surface area contributed by atoms with Gasteiger partial charge in [-0.25, -0.2) is 0 Å². The van der Waals surface area contributed by atoms with Gasteiger partial charge in [-0.1, -0.05) is 196 Å². The van der Waals surface area contributed by atoms with Crippen LogP contribution in [0.15, 0.2) is 304 Å². The fourth-order valence-electron chi connectivity index (χ4n) is 11.6. The van der Waals surface area contributed by atoms with Crippen LogP contribution >= 0.6 is 0 Å². The van der Waals surface area contributed by atoms with E-state index in [0.29, 0.717) is 0 Å². The molecule has 11 aromatic carbocycles. The van der Waals surface area contributed by atoms with E-state index in [2.05, 4.69) is 251 Å². The Bertz CT molecular complexity index is 4290. The Kier molecular flexibility index (Phi) is 16.8. The van der Waals surface area contributed by atoms with E-state index in [9.17, 15) is 0 Å². The first kappa shape index (κ1) is 55.8. The molecule has 4 aromatic heterocycles. The molecule has 1 aliphatic rings. The topological polar surface area (TPSA) is 35.6 Å². The van der Waals surface area contributed by atoms with Crippen molar-refractivity contribution >= 4 is 54.4 Å². The van der Waals surface area contributed by atoms with Crippen molar-refractivity contribution in [1.82, 2.24) is 19.1 Å². The van der Waals surface area contributed by atoms with E-state index in [1.165, 1.54) is 99.1 Å². The summed E-state index contributed by atoms with van der Waals surface area (Å²) in [4.78, 5) is 8.66. The summed E-state index contributed by atoms with van der Waals surface area (Å²) in [6.45, 7) is 4.61. The van der Waals surface area contributed by atoms with Gasteiger partial charge in [0.15, 0.2) is 0 Å². The van der Waals surface area contributed by atoms with E-state index in [0.717, 1.165) is 22.5 Å². The maximum absolute atomic E-state index is 4.45. The molecule has 0 aliphatic heterocycles. The second kappa shape index (κ2) is 24.9. The predicted octanol–water partition coefficient (Wildman–Crippen LogP) is 19.8. The Morgan fingerprint density at radius 3 is 1.17 bits per heavy atom. The minimum atomic E-state index is 0. The van der Waals surface area contributed by atoms with E-state index in [4.69, 9.17) is 0 Å². The molecule has 83 heavy (non-hydrogen) atoms. The number of aromatic nitrogens is 4. The summed E-state index contributed by atoms with van der Waals surface area (Å²) in [6.07, 6.45) is 3.63. The summed E-state index contributed by atoms with van der Waals surface area (Å²) in [7, 11) is 0. The van der Waals surface area contributed by atoms with E-state index in [-0.39, 0.29) is 45.6 Å². The first-order valence-electron chi connectivity index (χ1n) is 27.6. The molecule has 4 nitrogen and oxygen atoms in total. The molecule has 0 amide bonds. The molecule has 404 valence electrons. The second-order valence-corrected chi connectivity index (χ2v) is 20.7. The average Bonchev–Trinajstić information content (AvgIpc) is 4.38. The zero-order chi connectivity index (χ0) is 54.5. The SMILES string of the molecule is CC1(C)c2ccccc2-c2ccccc21.[Ir].[Ir].[c-]1ccccc1-c1ccccn1.[c-]1ccccc1-c1nccc2ccccc12.c1ccc2c(c1)c1ccccc1n2-c1ccc(-c2ccc(-n3c4ccccc4c4ccccc43)cc2)cc1. The molecule has 6 heteroatoms. The quantitative estimate of drug-likeness (QED) is 0.161. The molecule has 0 saturated carbocycles. The zero-order valence-electron chi connectivity index (χ0n) is 45.8. The smallest absolute Gasteiger partial charge is 0.0541 e. The number of benzene rings is 11. The monoisotopic (exact) mass is 1420 g/mol. The van der Waals surface area contributed by atoms with Crippen LogP contribution in [0.25, 0.3) is 111 Å². The van der Waals surface area contributed by atoms with Crippen LogP contribution in [-0.4, -0.2) is 19.1 Å². The van der Waals surface area contributed by atoms with Crippen molar-refractivity contribution in [3.63, 3.8) is 0 Å². The number of hydrogen-bond acceptors (Lipinski definition) is 2. The van der Waals surface area contributed by atoms with Gasteiger partial charge >= 0.3 is 0 Å². The van der Waals surface area contributed by atoms with Crippen LogP contribution in [0.3, 0.4) is 0 Å². The third-order valence-corrected chi connectivity index (χ3v) is 15.5. The fraction of sp³-hybridized carbons (Fsp3) is 0.0390. The molecule has 2 radical (unpaired) electrons. The molecular formula is C77H56Ir2N4-2. The summed E-state index contributed by atoms with van der Waals surface area (Å²) in [6, 6.07) is 108. The van der Waals surface area contributed by atoms with Crippen molar-refractivity contribution in [2.45, 2.75) is 19.3 Å². The van der Waals surface area contributed by atoms with Crippen molar-refractivity contribution in [3.05, 3.63) is 327 Å². The second-order valence-electron chi connectivity index (χ2n) is 20.7. The van der Waals surface area contributed by atoms with Crippen LogP contribution in [0.5, 0.6) is 0 Å². The largest absolute Gasteiger partial charge is 0.309 e. The molecule has 16 rings (SSSR count). The van der Waals surface area contributed by atoms with E-state index < -0.39 is 0 Å². The standard InChI is InChI=1S/C36H24N2.C15H10N.C15H14.C11H8N.2Ir/c1-5-13-33-29(9-1)30-10-2-6-14-34(30)37(33)27-21-17-25(18-22-27)26-19-23-28(24-20-26)38-35-15-7-3-11-31(35)32-12-4-8-16-36(32)38;1-2-7-13(8-3-1)15-14-9-5-4-6-12(14)10-11-16-15;1-15(2)13-9-5-3-7-11(13)12-8-4-6-10-14(12)15;1-2-6-10(7-3-1)11-8-4-5-9-12-11;;/h1-24H;1-7,9-11H;3-10H,1-2H3;1-6,8-9H;;/q;-1;;-1;;. The number of fused-ring (bicyclic) bond motifs is 10. The number of rotatable bonds is 5. The maximum atomic E-state index is 4.45. The van der Waals surface area contributed by atoms with Gasteiger partial charge in [0.1, 0.15) is 0 Å². The molecule has 1 aliphatic carbocycles. The summed E-state index contributed by atoms with van der Waals surface area (Å²) in [5, 5.41) is 7.53. The van der Waals surface area contributed by atoms with Gasteiger partial charge < -0.3 is 19.1 Å². The van der Waals surface area contributed by atoms with Gasteiger partial charge in [0.2, 0.25) is 0 Å². The number of hydrogen-bond donors (Lipinski definition) is 0. The minimum Gasteiger partial charge on any atom is -0.309 e. The Morgan fingerprint density at radius 1 is 0.325 bits per heavy atom. The zero-order valence-corrected chi connectivity index (χ0v) is 50.6. The molecule has 0 spiro atoms. The van der Waals surface area contributed by atoms with Gasteiger partial charge in [-0.05, 0) is 116 Å². The molecule has 0 bridgehead atoms. The van der Waals surface area contributed by atoms with Crippen molar-refractivity contribution < 1.29 is 40.2 Å². The Hall–Kier alpha value is -9.12. The van der Waals surface area contributed by atoms with Gasteiger partial charge in [0.25, 0.3) is 0 Å². The number of pyridine rings is 2. The average molecular weight is 1420 g/mol. The Labute approximate surface area is 512 Å². The van der Waals surface area contributed by atoms with Crippen LogP contribution < -0.4 is 0 Å². The van der Waals surface area contributed by atoms with Gasteiger partial charge in [-0.2, -0.15) is 0 Å². The summed E-state index contributed by atoms with van der Waals surface area (Å²) < 4.78 is 4.72. The molecule has 0 unspecified atom stereocenters. The van der Waals surface area contributed by atoms with Gasteiger partial charge in [0, 0.05) is 90.9 Å². The molecule has 15 aromatic rings. The van der Waals surface area contributed by atoms with Gasteiger partial charge in [0.05, 0.1) is 22.1 Å². The van der Waals surface area contributed by atoms with Crippen molar-refractivity contribution in [1.29, 1.82) is 0 Å².